The van der Waals surface area contributed by atoms with E-state index < -0.39 is 0 Å². The normalized spacial score (nSPS) is 23.3. The molecule has 2 unspecified atom stereocenters. The Hall–Kier alpha value is -1.02. The molecule has 0 aliphatic heterocycles. The van der Waals surface area contributed by atoms with Crippen LogP contribution in [0.15, 0.2) is 24.3 Å². The van der Waals surface area contributed by atoms with Gasteiger partial charge >= 0.3 is 0 Å². The molecular weight excluding hydrogens is 258 g/mol. The zero-order valence-corrected chi connectivity index (χ0v) is 14.3. The summed E-state index contributed by atoms with van der Waals surface area (Å²) in [5, 5.41) is 0. The Bertz CT molecular complexity index is 455. The van der Waals surface area contributed by atoms with Crippen LogP contribution >= 0.6 is 0 Å². The third kappa shape index (κ3) is 4.47. The van der Waals surface area contributed by atoms with Gasteiger partial charge in [0.1, 0.15) is 11.9 Å². The van der Waals surface area contributed by atoms with Crippen molar-refractivity contribution in [1.82, 2.24) is 0 Å². The zero-order valence-electron chi connectivity index (χ0n) is 14.3. The molecule has 1 aromatic rings. The van der Waals surface area contributed by atoms with Crippen molar-refractivity contribution in [2.24, 2.45) is 11.1 Å². The lowest BCUT2D eigenvalue weighted by Gasteiger charge is -2.33. The van der Waals surface area contributed by atoms with Crippen LogP contribution in [-0.4, -0.2) is 12.1 Å². The highest BCUT2D eigenvalue weighted by atomic mass is 16.5. The number of hydrogen-bond donors (Lipinski definition) is 1. The second-order valence-electron chi connectivity index (χ2n) is 8.40. The molecule has 21 heavy (non-hydrogen) atoms. The van der Waals surface area contributed by atoms with E-state index in [4.69, 9.17) is 10.5 Å². The summed E-state index contributed by atoms with van der Waals surface area (Å²) in [6.45, 7) is 11.5. The van der Waals surface area contributed by atoms with E-state index in [0.717, 1.165) is 25.0 Å². The number of rotatable bonds is 4. The molecule has 0 spiro atoms. The van der Waals surface area contributed by atoms with Crippen molar-refractivity contribution < 1.29 is 4.74 Å². The van der Waals surface area contributed by atoms with Gasteiger partial charge in [0, 0.05) is 6.04 Å². The maximum absolute atomic E-state index is 6.07. The highest BCUT2D eigenvalue weighted by molar-refractivity contribution is 5.32. The third-order valence-corrected chi connectivity index (χ3v) is 4.40. The molecule has 2 N–H and O–H groups in total. The first-order valence-electron chi connectivity index (χ1n) is 8.20. The monoisotopic (exact) mass is 289 g/mol. The largest absolute Gasteiger partial charge is 0.489 e. The van der Waals surface area contributed by atoms with Crippen molar-refractivity contribution in [2.75, 3.05) is 0 Å². The van der Waals surface area contributed by atoms with Gasteiger partial charge in [0.05, 0.1) is 0 Å². The second kappa shape index (κ2) is 6.00. The smallest absolute Gasteiger partial charge is 0.119 e. The first-order chi connectivity index (χ1) is 9.67. The lowest BCUT2D eigenvalue weighted by Crippen LogP contribution is -2.33. The summed E-state index contributed by atoms with van der Waals surface area (Å²) in [7, 11) is 0. The summed E-state index contributed by atoms with van der Waals surface area (Å²) < 4.78 is 6.03. The Morgan fingerprint density at radius 1 is 1.05 bits per heavy atom. The maximum Gasteiger partial charge on any atom is 0.119 e. The van der Waals surface area contributed by atoms with E-state index in [1.54, 1.807) is 0 Å². The van der Waals surface area contributed by atoms with Crippen LogP contribution < -0.4 is 10.5 Å². The first kappa shape index (κ1) is 16.4. The van der Waals surface area contributed by atoms with Gasteiger partial charge in [-0.15, -0.1) is 0 Å². The summed E-state index contributed by atoms with van der Waals surface area (Å²) in [6, 6.07) is 8.82. The quantitative estimate of drug-likeness (QED) is 0.875. The Kier molecular flexibility index (Phi) is 4.67. The summed E-state index contributed by atoms with van der Waals surface area (Å²) >= 11 is 0. The van der Waals surface area contributed by atoms with Crippen LogP contribution in [-0.2, 0) is 5.41 Å². The van der Waals surface area contributed by atoms with E-state index in [1.807, 2.05) is 0 Å². The van der Waals surface area contributed by atoms with Crippen molar-refractivity contribution in [3.8, 4) is 5.75 Å². The molecule has 0 radical (unpaired) electrons. The minimum atomic E-state index is 0.181. The third-order valence-electron chi connectivity index (χ3n) is 4.40. The van der Waals surface area contributed by atoms with Crippen LogP contribution in [0.5, 0.6) is 5.75 Å². The second-order valence-corrected chi connectivity index (χ2v) is 8.40. The molecular formula is C19H31NO. The molecule has 0 bridgehead atoms. The highest BCUT2D eigenvalue weighted by Crippen LogP contribution is 2.36. The molecule has 1 aromatic carbocycles. The van der Waals surface area contributed by atoms with Crippen LogP contribution in [0.2, 0.25) is 0 Å². The van der Waals surface area contributed by atoms with Gasteiger partial charge in [-0.1, -0.05) is 46.8 Å². The van der Waals surface area contributed by atoms with E-state index in [0.29, 0.717) is 5.41 Å². The van der Waals surface area contributed by atoms with Gasteiger partial charge < -0.3 is 10.5 Å². The molecule has 0 aromatic heterocycles. The minimum Gasteiger partial charge on any atom is -0.489 e. The molecule has 0 heterocycles. The van der Waals surface area contributed by atoms with Crippen LogP contribution in [0.3, 0.4) is 0 Å². The number of nitrogens with two attached hydrogens (primary N) is 1. The highest BCUT2D eigenvalue weighted by Gasteiger charge is 2.28. The van der Waals surface area contributed by atoms with Gasteiger partial charge in [0.15, 0.2) is 0 Å². The topological polar surface area (TPSA) is 35.2 Å². The van der Waals surface area contributed by atoms with Gasteiger partial charge in [-0.3, -0.25) is 0 Å². The average Bonchev–Trinajstić information content (AvgIpc) is 2.73. The van der Waals surface area contributed by atoms with Crippen molar-refractivity contribution in [3.63, 3.8) is 0 Å². The van der Waals surface area contributed by atoms with Crippen molar-refractivity contribution in [1.29, 1.82) is 0 Å². The summed E-state index contributed by atoms with van der Waals surface area (Å²) in [4.78, 5) is 0. The Morgan fingerprint density at radius 2 is 1.67 bits per heavy atom. The van der Waals surface area contributed by atoms with Crippen molar-refractivity contribution in [3.05, 3.63) is 29.8 Å². The fourth-order valence-electron chi connectivity index (χ4n) is 3.69. The van der Waals surface area contributed by atoms with Crippen LogP contribution in [0.4, 0.5) is 0 Å². The average molecular weight is 289 g/mol. The molecule has 118 valence electrons. The zero-order chi connectivity index (χ0) is 15.7. The van der Waals surface area contributed by atoms with Gasteiger partial charge in [-0.2, -0.15) is 0 Å². The molecule has 2 nitrogen and oxygen atoms in total. The Morgan fingerprint density at radius 3 is 2.14 bits per heavy atom. The maximum atomic E-state index is 6.07. The van der Waals surface area contributed by atoms with E-state index in [2.05, 4.69) is 58.9 Å². The fourth-order valence-corrected chi connectivity index (χ4v) is 3.69. The van der Waals surface area contributed by atoms with E-state index in [9.17, 15) is 0 Å². The molecule has 2 rings (SSSR count). The SMILES string of the molecule is CC(C)(C)CC(C)(C)c1ccc(OC2CCCC2N)cc1. The first-order valence-corrected chi connectivity index (χ1v) is 8.20. The minimum absolute atomic E-state index is 0.181. The summed E-state index contributed by atoms with van der Waals surface area (Å²) in [5.41, 5.74) is 7.96. The molecule has 0 saturated heterocycles. The number of hydrogen-bond acceptors (Lipinski definition) is 2. The molecule has 2 atom stereocenters. The van der Waals surface area contributed by atoms with E-state index in [1.165, 1.54) is 12.0 Å². The molecule has 1 aliphatic rings. The lowest BCUT2D eigenvalue weighted by molar-refractivity contribution is 0.191. The summed E-state index contributed by atoms with van der Waals surface area (Å²) in [6.07, 6.45) is 4.70. The van der Waals surface area contributed by atoms with Gasteiger partial charge in [-0.25, -0.2) is 0 Å². The van der Waals surface area contributed by atoms with Crippen LogP contribution in [0.1, 0.15) is 65.9 Å². The van der Waals surface area contributed by atoms with Crippen molar-refractivity contribution in [2.45, 2.75) is 77.9 Å². The Balaban J connectivity index is 2.04. The van der Waals surface area contributed by atoms with Crippen molar-refractivity contribution >= 4 is 0 Å². The Labute approximate surface area is 130 Å². The number of ether oxygens (including phenoxy) is 1. The predicted molar refractivity (Wildman–Crippen MR) is 89.8 cm³/mol. The fraction of sp³-hybridized carbons (Fsp3) is 0.684. The predicted octanol–water partition coefficient (Wildman–Crippen LogP) is 4.66. The van der Waals surface area contributed by atoms with Crippen LogP contribution in [0, 0.1) is 5.41 Å². The number of benzene rings is 1. The molecule has 1 fully saturated rings. The summed E-state index contributed by atoms with van der Waals surface area (Å²) in [5.74, 6) is 0.952. The lowest BCUT2D eigenvalue weighted by atomic mass is 9.72. The standard InChI is InChI=1S/C19H31NO/c1-18(2,3)13-19(4,5)14-9-11-15(12-10-14)21-17-8-6-7-16(17)20/h9-12,16-17H,6-8,13,20H2,1-5H3. The van der Waals surface area contributed by atoms with Crippen LogP contribution in [0.25, 0.3) is 0 Å². The molecule has 0 amide bonds. The van der Waals surface area contributed by atoms with Gasteiger partial charge in [0.25, 0.3) is 0 Å². The van der Waals surface area contributed by atoms with Gasteiger partial charge in [0.2, 0.25) is 0 Å². The molecule has 1 aliphatic carbocycles. The van der Waals surface area contributed by atoms with Gasteiger partial charge in [-0.05, 0) is 54.2 Å². The molecule has 2 heteroatoms. The molecule has 1 saturated carbocycles. The van der Waals surface area contributed by atoms with E-state index >= 15 is 0 Å². The van der Waals surface area contributed by atoms with E-state index in [-0.39, 0.29) is 17.6 Å².